The minimum absolute atomic E-state index is 0.0151. The van der Waals surface area contributed by atoms with E-state index in [2.05, 4.69) is 4.74 Å². The van der Waals surface area contributed by atoms with E-state index in [9.17, 15) is 24.2 Å². The van der Waals surface area contributed by atoms with E-state index in [0.29, 0.717) is 6.29 Å². The van der Waals surface area contributed by atoms with Crippen LogP contribution in [0.3, 0.4) is 0 Å². The Balaban J connectivity index is 2.89. The molecule has 98 valence electrons. The van der Waals surface area contributed by atoms with Gasteiger partial charge in [-0.2, -0.15) is 0 Å². The van der Waals surface area contributed by atoms with Gasteiger partial charge in [0.25, 0.3) is 0 Å². The standard InChI is InChI=1S/C12H13FO5/c1-2-18-12(17)11(16)10(15)7-3-4-8(6-14)9(13)5-7/h3-6,10-11,15-16H,2H2,1H3. The second kappa shape index (κ2) is 6.23. The van der Waals surface area contributed by atoms with Crippen molar-refractivity contribution in [1.29, 1.82) is 0 Å². The Morgan fingerprint density at radius 2 is 2.17 bits per heavy atom. The van der Waals surface area contributed by atoms with Crippen molar-refractivity contribution >= 4 is 12.3 Å². The highest BCUT2D eigenvalue weighted by Crippen LogP contribution is 2.20. The summed E-state index contributed by atoms with van der Waals surface area (Å²) in [5.41, 5.74) is -0.185. The minimum atomic E-state index is -1.80. The van der Waals surface area contributed by atoms with Gasteiger partial charge in [0.15, 0.2) is 12.4 Å². The van der Waals surface area contributed by atoms with Crippen LogP contribution in [0.2, 0.25) is 0 Å². The van der Waals surface area contributed by atoms with Crippen molar-refractivity contribution in [3.05, 3.63) is 35.1 Å². The number of rotatable bonds is 5. The van der Waals surface area contributed by atoms with Crippen molar-refractivity contribution in [3.8, 4) is 0 Å². The van der Waals surface area contributed by atoms with Crippen LogP contribution in [0.15, 0.2) is 18.2 Å². The summed E-state index contributed by atoms with van der Waals surface area (Å²) >= 11 is 0. The molecule has 0 spiro atoms. The summed E-state index contributed by atoms with van der Waals surface area (Å²) < 4.78 is 17.8. The van der Waals surface area contributed by atoms with Crippen LogP contribution in [0.1, 0.15) is 28.9 Å². The first-order chi connectivity index (χ1) is 8.51. The Kier molecular flexibility index (Phi) is 4.94. The fourth-order valence-electron chi connectivity index (χ4n) is 1.36. The zero-order valence-corrected chi connectivity index (χ0v) is 9.67. The van der Waals surface area contributed by atoms with E-state index >= 15 is 0 Å². The summed E-state index contributed by atoms with van der Waals surface area (Å²) in [7, 11) is 0. The zero-order chi connectivity index (χ0) is 13.7. The van der Waals surface area contributed by atoms with Crippen molar-refractivity contribution in [1.82, 2.24) is 0 Å². The molecule has 0 fully saturated rings. The first kappa shape index (κ1) is 14.3. The summed E-state index contributed by atoms with van der Waals surface area (Å²) in [4.78, 5) is 21.6. The van der Waals surface area contributed by atoms with E-state index in [4.69, 9.17) is 0 Å². The molecule has 0 bridgehead atoms. The lowest BCUT2D eigenvalue weighted by Gasteiger charge is -2.16. The highest BCUT2D eigenvalue weighted by Gasteiger charge is 2.27. The van der Waals surface area contributed by atoms with Crippen LogP contribution >= 0.6 is 0 Å². The largest absolute Gasteiger partial charge is 0.464 e. The summed E-state index contributed by atoms with van der Waals surface area (Å²) in [6.07, 6.45) is -3.08. The molecule has 0 aliphatic heterocycles. The fourth-order valence-corrected chi connectivity index (χ4v) is 1.36. The van der Waals surface area contributed by atoms with Gasteiger partial charge in [0.2, 0.25) is 0 Å². The molecule has 0 saturated heterocycles. The Bertz CT molecular complexity index is 446. The maximum absolute atomic E-state index is 13.3. The minimum Gasteiger partial charge on any atom is -0.464 e. The molecule has 18 heavy (non-hydrogen) atoms. The Labute approximate surface area is 103 Å². The van der Waals surface area contributed by atoms with Crippen LogP contribution in [0.25, 0.3) is 0 Å². The van der Waals surface area contributed by atoms with Gasteiger partial charge < -0.3 is 14.9 Å². The lowest BCUT2D eigenvalue weighted by atomic mass is 10.0. The quantitative estimate of drug-likeness (QED) is 0.595. The maximum atomic E-state index is 13.3. The summed E-state index contributed by atoms with van der Waals surface area (Å²) in [6, 6.07) is 3.29. The lowest BCUT2D eigenvalue weighted by Crippen LogP contribution is -2.30. The Hall–Kier alpha value is -1.79. The number of halogens is 1. The first-order valence-corrected chi connectivity index (χ1v) is 5.28. The van der Waals surface area contributed by atoms with Gasteiger partial charge in [-0.05, 0) is 24.6 Å². The summed E-state index contributed by atoms with van der Waals surface area (Å²) in [6.45, 7) is 1.61. The second-order valence-corrected chi connectivity index (χ2v) is 3.54. The van der Waals surface area contributed by atoms with Gasteiger partial charge >= 0.3 is 5.97 Å². The van der Waals surface area contributed by atoms with Gasteiger partial charge in [-0.15, -0.1) is 0 Å². The van der Waals surface area contributed by atoms with Gasteiger partial charge in [0.05, 0.1) is 12.2 Å². The van der Waals surface area contributed by atoms with Gasteiger partial charge in [-0.3, -0.25) is 4.79 Å². The normalized spacial score (nSPS) is 13.8. The molecule has 0 radical (unpaired) electrons. The Morgan fingerprint density at radius 3 is 2.67 bits per heavy atom. The average Bonchev–Trinajstić information content (AvgIpc) is 2.37. The lowest BCUT2D eigenvalue weighted by molar-refractivity contribution is -0.159. The van der Waals surface area contributed by atoms with Crippen molar-refractivity contribution in [2.45, 2.75) is 19.1 Å². The highest BCUT2D eigenvalue weighted by molar-refractivity contribution is 5.76. The molecule has 0 heterocycles. The molecule has 1 rings (SSSR count). The molecule has 2 unspecified atom stereocenters. The number of carbonyl (C=O) groups excluding carboxylic acids is 2. The van der Waals surface area contributed by atoms with Gasteiger partial charge in [0, 0.05) is 0 Å². The molecule has 2 N–H and O–H groups in total. The highest BCUT2D eigenvalue weighted by atomic mass is 19.1. The number of hydrogen-bond donors (Lipinski definition) is 2. The third-order valence-corrected chi connectivity index (χ3v) is 2.32. The third-order valence-electron chi connectivity index (χ3n) is 2.32. The zero-order valence-electron chi connectivity index (χ0n) is 9.67. The molecule has 2 atom stereocenters. The van der Waals surface area contributed by atoms with Crippen molar-refractivity contribution in [2.24, 2.45) is 0 Å². The number of aliphatic hydroxyl groups is 2. The number of aldehydes is 1. The average molecular weight is 256 g/mol. The van der Waals surface area contributed by atoms with Crippen LogP contribution in [0, 0.1) is 5.82 Å². The van der Waals surface area contributed by atoms with E-state index in [1.54, 1.807) is 6.92 Å². The van der Waals surface area contributed by atoms with E-state index in [0.717, 1.165) is 12.1 Å². The molecule has 0 aliphatic rings. The number of hydrogen-bond acceptors (Lipinski definition) is 5. The second-order valence-electron chi connectivity index (χ2n) is 3.54. The van der Waals surface area contributed by atoms with Gasteiger partial charge in [-0.1, -0.05) is 6.07 Å². The number of carbonyl (C=O) groups is 2. The predicted octanol–water partition coefficient (Wildman–Crippen LogP) is 0.596. The molecular formula is C12H13FO5. The molecule has 0 amide bonds. The Morgan fingerprint density at radius 1 is 1.50 bits per heavy atom. The van der Waals surface area contributed by atoms with E-state index in [-0.39, 0.29) is 17.7 Å². The van der Waals surface area contributed by atoms with Crippen molar-refractivity contribution < 1.29 is 28.9 Å². The predicted molar refractivity (Wildman–Crippen MR) is 59.4 cm³/mol. The number of ether oxygens (including phenoxy) is 1. The molecule has 6 heteroatoms. The van der Waals surface area contributed by atoms with Crippen LogP contribution in [0.5, 0.6) is 0 Å². The summed E-state index contributed by atoms with van der Waals surface area (Å²) in [5.74, 6) is -1.83. The van der Waals surface area contributed by atoms with E-state index in [1.807, 2.05) is 0 Å². The van der Waals surface area contributed by atoms with Crippen LogP contribution in [-0.4, -0.2) is 35.2 Å². The van der Waals surface area contributed by atoms with Crippen LogP contribution in [0.4, 0.5) is 4.39 Å². The molecule has 0 aromatic heterocycles. The van der Waals surface area contributed by atoms with Crippen LogP contribution in [-0.2, 0) is 9.53 Å². The molecule has 5 nitrogen and oxygen atoms in total. The van der Waals surface area contributed by atoms with Crippen LogP contribution < -0.4 is 0 Å². The molecule has 1 aromatic rings. The van der Waals surface area contributed by atoms with Gasteiger partial charge in [0.1, 0.15) is 11.9 Å². The molecular weight excluding hydrogens is 243 g/mol. The third kappa shape index (κ3) is 3.12. The van der Waals surface area contributed by atoms with Crippen molar-refractivity contribution in [3.63, 3.8) is 0 Å². The van der Waals surface area contributed by atoms with Crippen molar-refractivity contribution in [2.75, 3.05) is 6.61 Å². The number of aliphatic hydroxyl groups excluding tert-OH is 2. The number of benzene rings is 1. The number of esters is 1. The topological polar surface area (TPSA) is 83.8 Å². The monoisotopic (exact) mass is 256 g/mol. The van der Waals surface area contributed by atoms with E-state index in [1.165, 1.54) is 6.07 Å². The molecule has 0 aliphatic carbocycles. The molecule has 1 aromatic carbocycles. The smallest absolute Gasteiger partial charge is 0.338 e. The fraction of sp³-hybridized carbons (Fsp3) is 0.333. The maximum Gasteiger partial charge on any atom is 0.338 e. The van der Waals surface area contributed by atoms with Gasteiger partial charge in [-0.25, -0.2) is 9.18 Å². The SMILES string of the molecule is CCOC(=O)C(O)C(O)c1ccc(C=O)c(F)c1. The first-order valence-electron chi connectivity index (χ1n) is 5.28. The molecule has 0 saturated carbocycles. The van der Waals surface area contributed by atoms with E-state index < -0.39 is 24.0 Å². The summed E-state index contributed by atoms with van der Waals surface area (Å²) in [5, 5.41) is 19.1.